The zero-order valence-corrected chi connectivity index (χ0v) is 11.4. The van der Waals surface area contributed by atoms with E-state index >= 15 is 0 Å². The van der Waals surface area contributed by atoms with Crippen LogP contribution in [0.15, 0.2) is 42.5 Å². The Hall–Kier alpha value is -2.82. The van der Waals surface area contributed by atoms with E-state index in [9.17, 15) is 9.59 Å². The predicted octanol–water partition coefficient (Wildman–Crippen LogP) is 2.76. The molecule has 0 aliphatic carbocycles. The predicted molar refractivity (Wildman–Crippen MR) is 76.6 cm³/mol. The number of rotatable bonds is 2. The van der Waals surface area contributed by atoms with Crippen LogP contribution in [0.2, 0.25) is 0 Å². The van der Waals surface area contributed by atoms with Gasteiger partial charge < -0.3 is 14.8 Å². The van der Waals surface area contributed by atoms with Gasteiger partial charge in [0.2, 0.25) is 0 Å². The third-order valence-electron chi connectivity index (χ3n) is 3.22. The first-order valence-electron chi connectivity index (χ1n) is 6.45. The Labute approximate surface area is 121 Å². The number of para-hydroxylation sites is 2. The Kier molecular flexibility index (Phi) is 3.31. The van der Waals surface area contributed by atoms with E-state index in [1.54, 1.807) is 30.3 Å². The lowest BCUT2D eigenvalue weighted by atomic mass is 10.1. The Morgan fingerprint density at radius 3 is 2.81 bits per heavy atom. The van der Waals surface area contributed by atoms with Gasteiger partial charge in [-0.3, -0.25) is 9.59 Å². The summed E-state index contributed by atoms with van der Waals surface area (Å²) in [6.45, 7) is 0. The van der Waals surface area contributed by atoms with Crippen molar-refractivity contribution < 1.29 is 19.1 Å². The fourth-order valence-corrected chi connectivity index (χ4v) is 2.15. The molecule has 0 saturated heterocycles. The van der Waals surface area contributed by atoms with Crippen LogP contribution in [0.3, 0.4) is 0 Å². The second kappa shape index (κ2) is 5.28. The molecule has 0 bridgehead atoms. The average Bonchev–Trinajstić information content (AvgIpc) is 2.62. The maximum atomic E-state index is 12.2. The van der Waals surface area contributed by atoms with Crippen LogP contribution in [0, 0.1) is 0 Å². The van der Waals surface area contributed by atoms with Gasteiger partial charge in [-0.15, -0.1) is 0 Å². The third-order valence-corrected chi connectivity index (χ3v) is 3.22. The number of amides is 1. The number of hydrogen-bond acceptors (Lipinski definition) is 4. The molecule has 0 fully saturated rings. The highest BCUT2D eigenvalue weighted by molar-refractivity contribution is 6.08. The van der Waals surface area contributed by atoms with Crippen LogP contribution in [0.4, 0.5) is 5.69 Å². The summed E-state index contributed by atoms with van der Waals surface area (Å²) in [4.78, 5) is 23.5. The van der Waals surface area contributed by atoms with E-state index in [-0.39, 0.29) is 18.3 Å². The zero-order chi connectivity index (χ0) is 14.8. The molecule has 0 radical (unpaired) electrons. The molecule has 1 N–H and O–H groups in total. The maximum Gasteiger partial charge on any atom is 0.309 e. The van der Waals surface area contributed by atoms with Gasteiger partial charge in [0.25, 0.3) is 5.91 Å². The highest BCUT2D eigenvalue weighted by Gasteiger charge is 2.21. The molecule has 0 aromatic heterocycles. The van der Waals surface area contributed by atoms with Gasteiger partial charge in [0.05, 0.1) is 24.8 Å². The van der Waals surface area contributed by atoms with Crippen molar-refractivity contribution in [3.05, 3.63) is 53.6 Å². The number of fused-ring (bicyclic) bond motifs is 2. The molecule has 0 atom stereocenters. The van der Waals surface area contributed by atoms with Crippen molar-refractivity contribution in [1.29, 1.82) is 0 Å². The summed E-state index contributed by atoms with van der Waals surface area (Å²) < 4.78 is 10.4. The number of benzene rings is 2. The highest BCUT2D eigenvalue weighted by Crippen LogP contribution is 2.35. The molecule has 0 saturated carbocycles. The third kappa shape index (κ3) is 2.58. The monoisotopic (exact) mass is 283 g/mol. The summed E-state index contributed by atoms with van der Waals surface area (Å²) in [6, 6.07) is 12.2. The summed E-state index contributed by atoms with van der Waals surface area (Å²) in [5.41, 5.74) is 1.78. The second-order valence-electron chi connectivity index (χ2n) is 4.64. The number of esters is 1. The highest BCUT2D eigenvalue weighted by atomic mass is 16.5. The molecule has 106 valence electrons. The van der Waals surface area contributed by atoms with Crippen LogP contribution in [-0.4, -0.2) is 19.0 Å². The molecular weight excluding hydrogens is 270 g/mol. The van der Waals surface area contributed by atoms with Crippen molar-refractivity contribution in [3.8, 4) is 11.5 Å². The van der Waals surface area contributed by atoms with Gasteiger partial charge in [-0.25, -0.2) is 0 Å². The van der Waals surface area contributed by atoms with E-state index < -0.39 is 0 Å². The smallest absolute Gasteiger partial charge is 0.309 e. The van der Waals surface area contributed by atoms with Crippen LogP contribution in [0.5, 0.6) is 11.5 Å². The average molecular weight is 283 g/mol. The van der Waals surface area contributed by atoms with E-state index in [2.05, 4.69) is 10.1 Å². The van der Waals surface area contributed by atoms with Crippen LogP contribution in [0.1, 0.15) is 15.9 Å². The molecule has 1 amide bonds. The van der Waals surface area contributed by atoms with Crippen LogP contribution in [0.25, 0.3) is 0 Å². The van der Waals surface area contributed by atoms with Gasteiger partial charge in [0, 0.05) is 0 Å². The first kappa shape index (κ1) is 13.2. The summed E-state index contributed by atoms with van der Waals surface area (Å²) >= 11 is 0. The van der Waals surface area contributed by atoms with Crippen molar-refractivity contribution in [2.24, 2.45) is 0 Å². The molecule has 5 heteroatoms. The van der Waals surface area contributed by atoms with E-state index in [1.165, 1.54) is 7.11 Å². The Balaban J connectivity index is 2.00. The molecule has 5 nitrogen and oxygen atoms in total. The molecule has 3 rings (SSSR count). The molecule has 2 aromatic rings. The van der Waals surface area contributed by atoms with Crippen LogP contribution in [-0.2, 0) is 16.0 Å². The Bertz CT molecular complexity index is 724. The number of anilines is 1. The van der Waals surface area contributed by atoms with Crippen molar-refractivity contribution in [2.45, 2.75) is 6.42 Å². The molecule has 0 spiro atoms. The number of nitrogens with one attached hydrogen (secondary N) is 1. The van der Waals surface area contributed by atoms with Gasteiger partial charge in [-0.05, 0) is 29.8 Å². The largest absolute Gasteiger partial charge is 0.469 e. The number of methoxy groups -OCH3 is 1. The van der Waals surface area contributed by atoms with Gasteiger partial charge in [-0.1, -0.05) is 18.2 Å². The summed E-state index contributed by atoms with van der Waals surface area (Å²) in [6.07, 6.45) is 0.135. The molecule has 1 heterocycles. The summed E-state index contributed by atoms with van der Waals surface area (Å²) in [5, 5.41) is 2.79. The molecule has 1 aliphatic heterocycles. The number of carbonyl (C=O) groups is 2. The van der Waals surface area contributed by atoms with Crippen molar-refractivity contribution in [2.75, 3.05) is 12.4 Å². The SMILES string of the molecule is COC(=O)Cc1ccc2c(c1)Oc1ccccc1NC2=O. The van der Waals surface area contributed by atoms with Crippen molar-refractivity contribution in [1.82, 2.24) is 0 Å². The molecule has 1 aliphatic rings. The summed E-state index contributed by atoms with van der Waals surface area (Å²) in [7, 11) is 1.34. The maximum absolute atomic E-state index is 12.2. The molecule has 21 heavy (non-hydrogen) atoms. The topological polar surface area (TPSA) is 64.6 Å². The fourth-order valence-electron chi connectivity index (χ4n) is 2.15. The lowest BCUT2D eigenvalue weighted by molar-refractivity contribution is -0.139. The van der Waals surface area contributed by atoms with Crippen LogP contribution >= 0.6 is 0 Å². The standard InChI is InChI=1S/C16H13NO4/c1-20-15(18)9-10-6-7-11-14(8-10)21-13-5-3-2-4-12(13)17-16(11)19/h2-8H,9H2,1H3,(H,17,19). The van der Waals surface area contributed by atoms with Gasteiger partial charge in [-0.2, -0.15) is 0 Å². The van der Waals surface area contributed by atoms with E-state index in [4.69, 9.17) is 4.74 Å². The lowest BCUT2D eigenvalue weighted by Crippen LogP contribution is -2.11. The van der Waals surface area contributed by atoms with E-state index in [1.807, 2.05) is 12.1 Å². The Morgan fingerprint density at radius 1 is 1.19 bits per heavy atom. The Morgan fingerprint density at radius 2 is 2.00 bits per heavy atom. The van der Waals surface area contributed by atoms with Crippen molar-refractivity contribution >= 4 is 17.6 Å². The number of hydrogen-bond donors (Lipinski definition) is 1. The first-order valence-corrected chi connectivity index (χ1v) is 6.45. The van der Waals surface area contributed by atoms with E-state index in [0.29, 0.717) is 22.7 Å². The molecule has 0 unspecified atom stereocenters. The fraction of sp³-hybridized carbons (Fsp3) is 0.125. The first-order chi connectivity index (χ1) is 10.2. The molecular formula is C16H13NO4. The van der Waals surface area contributed by atoms with Gasteiger partial charge >= 0.3 is 5.97 Å². The zero-order valence-electron chi connectivity index (χ0n) is 11.4. The number of ether oxygens (including phenoxy) is 2. The van der Waals surface area contributed by atoms with Crippen LogP contribution < -0.4 is 10.1 Å². The lowest BCUT2D eigenvalue weighted by Gasteiger charge is -2.08. The second-order valence-corrected chi connectivity index (χ2v) is 4.64. The minimum absolute atomic E-state index is 0.135. The number of carbonyl (C=O) groups excluding carboxylic acids is 2. The normalized spacial score (nSPS) is 12.3. The minimum Gasteiger partial charge on any atom is -0.469 e. The quantitative estimate of drug-likeness (QED) is 0.861. The van der Waals surface area contributed by atoms with Gasteiger partial charge in [0.15, 0.2) is 5.75 Å². The summed E-state index contributed by atoms with van der Waals surface area (Å²) in [5.74, 6) is 0.423. The minimum atomic E-state index is -0.339. The van der Waals surface area contributed by atoms with Crippen molar-refractivity contribution in [3.63, 3.8) is 0 Å². The molecule has 2 aromatic carbocycles. The van der Waals surface area contributed by atoms with Gasteiger partial charge in [0.1, 0.15) is 5.75 Å². The van der Waals surface area contributed by atoms with E-state index in [0.717, 1.165) is 5.56 Å².